The Morgan fingerprint density at radius 3 is 2.40 bits per heavy atom. The number of hydrogen-bond donors (Lipinski definition) is 0. The summed E-state index contributed by atoms with van der Waals surface area (Å²) in [5.74, 6) is 6.23. The van der Waals surface area contributed by atoms with Crippen molar-refractivity contribution >= 4 is 11.5 Å². The topological polar surface area (TPSA) is 20.3 Å². The Kier molecular flexibility index (Phi) is 5.90. The van der Waals surface area contributed by atoms with E-state index in [1.165, 1.54) is 30.5 Å². The first-order chi connectivity index (χ1) is 12.2. The van der Waals surface area contributed by atoms with Crippen LogP contribution in [0.15, 0.2) is 54.6 Å². The second-order valence-electron chi connectivity index (χ2n) is 6.68. The number of nitrogens with zero attached hydrogens (tertiary/aromatic N) is 1. The van der Waals surface area contributed by atoms with Gasteiger partial charge in [-0.3, -0.25) is 4.79 Å². The molecule has 25 heavy (non-hydrogen) atoms. The third-order valence-electron chi connectivity index (χ3n) is 4.77. The van der Waals surface area contributed by atoms with E-state index in [2.05, 4.69) is 41.0 Å². The molecule has 2 nitrogen and oxygen atoms in total. The van der Waals surface area contributed by atoms with Gasteiger partial charge in [0.1, 0.15) is 5.78 Å². The minimum Gasteiger partial charge on any atom is -0.371 e. The summed E-state index contributed by atoms with van der Waals surface area (Å²) in [7, 11) is 0. The lowest BCUT2D eigenvalue weighted by Gasteiger charge is -2.31. The van der Waals surface area contributed by atoms with Crippen molar-refractivity contribution in [2.24, 2.45) is 5.92 Å². The van der Waals surface area contributed by atoms with Crippen LogP contribution in [0.1, 0.15) is 37.3 Å². The molecule has 128 valence electrons. The molecule has 1 atom stereocenters. The van der Waals surface area contributed by atoms with Crippen LogP contribution >= 0.6 is 0 Å². The molecule has 0 amide bonds. The Morgan fingerprint density at radius 2 is 1.68 bits per heavy atom. The minimum absolute atomic E-state index is 0.136. The molecule has 2 aromatic rings. The van der Waals surface area contributed by atoms with Crippen LogP contribution in [0.2, 0.25) is 0 Å². The molecule has 2 heteroatoms. The molecule has 1 aliphatic heterocycles. The molecule has 1 fully saturated rings. The number of carbonyl (C=O) groups is 1. The highest BCUT2D eigenvalue weighted by Crippen LogP contribution is 2.26. The van der Waals surface area contributed by atoms with Crippen LogP contribution in [0.4, 0.5) is 5.69 Å². The van der Waals surface area contributed by atoms with E-state index < -0.39 is 0 Å². The van der Waals surface area contributed by atoms with E-state index in [0.29, 0.717) is 6.42 Å². The van der Waals surface area contributed by atoms with E-state index in [9.17, 15) is 4.79 Å². The number of anilines is 1. The Labute approximate surface area is 150 Å². The lowest BCUT2D eigenvalue weighted by Crippen LogP contribution is -2.30. The predicted octanol–water partition coefficient (Wildman–Crippen LogP) is 4.48. The molecule has 2 aromatic carbocycles. The van der Waals surface area contributed by atoms with Gasteiger partial charge in [-0.15, -0.1) is 0 Å². The highest BCUT2D eigenvalue weighted by Gasteiger charge is 2.18. The molecule has 1 saturated heterocycles. The van der Waals surface area contributed by atoms with Crippen LogP contribution in [-0.2, 0) is 11.2 Å². The zero-order valence-electron chi connectivity index (χ0n) is 14.9. The average Bonchev–Trinajstić information content (AvgIpc) is 2.67. The van der Waals surface area contributed by atoms with E-state index in [0.717, 1.165) is 18.7 Å². The molecule has 1 unspecified atom stereocenters. The summed E-state index contributed by atoms with van der Waals surface area (Å²) < 4.78 is 0. The molecule has 0 N–H and O–H groups in total. The second kappa shape index (κ2) is 8.53. The number of benzene rings is 2. The molecule has 1 aliphatic rings. The highest BCUT2D eigenvalue weighted by atomic mass is 16.1. The summed E-state index contributed by atoms with van der Waals surface area (Å²) in [5.41, 5.74) is 3.46. The first kappa shape index (κ1) is 17.3. The molecule has 0 aromatic heterocycles. The standard InChI is InChI=1S/C23H25NO/c1-19(25)21(15-14-20-10-4-2-5-11-20)18-22-12-6-7-13-23(22)24-16-8-3-9-17-24/h2,4-7,10-13,21H,3,8-9,16-18H2,1H3. The maximum Gasteiger partial charge on any atom is 0.145 e. The number of piperidine rings is 1. The van der Waals surface area contributed by atoms with Gasteiger partial charge in [0, 0.05) is 24.3 Å². The minimum atomic E-state index is -0.258. The van der Waals surface area contributed by atoms with Crippen molar-refractivity contribution in [3.63, 3.8) is 0 Å². The van der Waals surface area contributed by atoms with Crippen LogP contribution < -0.4 is 4.90 Å². The van der Waals surface area contributed by atoms with Gasteiger partial charge in [-0.2, -0.15) is 0 Å². The third kappa shape index (κ3) is 4.73. The lowest BCUT2D eigenvalue weighted by atomic mass is 9.94. The summed E-state index contributed by atoms with van der Waals surface area (Å²) in [6, 6.07) is 18.3. The van der Waals surface area contributed by atoms with Crippen molar-refractivity contribution in [1.29, 1.82) is 0 Å². The molecule has 0 bridgehead atoms. The molecular weight excluding hydrogens is 306 g/mol. The number of hydrogen-bond acceptors (Lipinski definition) is 2. The lowest BCUT2D eigenvalue weighted by molar-refractivity contribution is -0.119. The Balaban J connectivity index is 1.81. The average molecular weight is 331 g/mol. The van der Waals surface area contributed by atoms with E-state index >= 15 is 0 Å². The second-order valence-corrected chi connectivity index (χ2v) is 6.68. The number of Topliss-reactive ketones (excluding diaryl/α,β-unsaturated/α-hetero) is 1. The maximum absolute atomic E-state index is 12.1. The molecule has 0 saturated carbocycles. The smallest absolute Gasteiger partial charge is 0.145 e. The molecule has 0 spiro atoms. The van der Waals surface area contributed by atoms with Crippen molar-refractivity contribution in [2.45, 2.75) is 32.6 Å². The summed E-state index contributed by atoms with van der Waals surface area (Å²) >= 11 is 0. The van der Waals surface area contributed by atoms with Crippen molar-refractivity contribution in [3.8, 4) is 11.8 Å². The fourth-order valence-corrected chi connectivity index (χ4v) is 3.33. The number of para-hydroxylation sites is 1. The van der Waals surface area contributed by atoms with Crippen LogP contribution in [0, 0.1) is 17.8 Å². The SMILES string of the molecule is CC(=O)C(C#Cc1ccccc1)Cc1ccccc1N1CCCCC1. The van der Waals surface area contributed by atoms with Gasteiger partial charge >= 0.3 is 0 Å². The largest absolute Gasteiger partial charge is 0.371 e. The monoisotopic (exact) mass is 331 g/mol. The van der Waals surface area contributed by atoms with Gasteiger partial charge in [-0.25, -0.2) is 0 Å². The quantitative estimate of drug-likeness (QED) is 0.770. The van der Waals surface area contributed by atoms with E-state index in [4.69, 9.17) is 0 Å². The van der Waals surface area contributed by atoms with Crippen LogP contribution in [-0.4, -0.2) is 18.9 Å². The van der Waals surface area contributed by atoms with E-state index in [1.807, 2.05) is 30.3 Å². The third-order valence-corrected chi connectivity index (χ3v) is 4.77. The van der Waals surface area contributed by atoms with Crippen LogP contribution in [0.25, 0.3) is 0 Å². The predicted molar refractivity (Wildman–Crippen MR) is 104 cm³/mol. The normalized spacial score (nSPS) is 15.2. The zero-order chi connectivity index (χ0) is 17.5. The Hall–Kier alpha value is -2.53. The Bertz CT molecular complexity index is 763. The van der Waals surface area contributed by atoms with Crippen molar-refractivity contribution < 1.29 is 4.79 Å². The number of rotatable bonds is 4. The number of ketones is 1. The highest BCUT2D eigenvalue weighted by molar-refractivity contribution is 5.82. The molecular formula is C23H25NO. The summed E-state index contributed by atoms with van der Waals surface area (Å²) in [6.45, 7) is 3.86. The fraction of sp³-hybridized carbons (Fsp3) is 0.348. The first-order valence-corrected chi connectivity index (χ1v) is 9.14. The zero-order valence-corrected chi connectivity index (χ0v) is 14.9. The summed E-state index contributed by atoms with van der Waals surface area (Å²) in [6.07, 6.45) is 4.50. The van der Waals surface area contributed by atoms with Gasteiger partial charge in [-0.1, -0.05) is 48.2 Å². The van der Waals surface area contributed by atoms with Crippen LogP contribution in [0.3, 0.4) is 0 Å². The van der Waals surface area contributed by atoms with Crippen molar-refractivity contribution in [1.82, 2.24) is 0 Å². The van der Waals surface area contributed by atoms with E-state index in [1.54, 1.807) is 6.92 Å². The van der Waals surface area contributed by atoms with Gasteiger partial charge in [0.2, 0.25) is 0 Å². The Morgan fingerprint density at radius 1 is 1.00 bits per heavy atom. The molecule has 1 heterocycles. The molecule has 0 radical (unpaired) electrons. The van der Waals surface area contributed by atoms with Crippen LogP contribution in [0.5, 0.6) is 0 Å². The maximum atomic E-state index is 12.1. The molecule has 0 aliphatic carbocycles. The van der Waals surface area contributed by atoms with Gasteiger partial charge in [0.25, 0.3) is 0 Å². The summed E-state index contributed by atoms with van der Waals surface area (Å²) in [4.78, 5) is 14.6. The number of carbonyl (C=O) groups excluding carboxylic acids is 1. The van der Waals surface area contributed by atoms with Crippen molar-refractivity contribution in [3.05, 3.63) is 65.7 Å². The van der Waals surface area contributed by atoms with Gasteiger partial charge in [0.05, 0.1) is 5.92 Å². The van der Waals surface area contributed by atoms with Gasteiger partial charge < -0.3 is 4.90 Å². The molecule has 3 rings (SSSR count). The van der Waals surface area contributed by atoms with E-state index in [-0.39, 0.29) is 11.7 Å². The van der Waals surface area contributed by atoms with Gasteiger partial charge in [0.15, 0.2) is 0 Å². The first-order valence-electron chi connectivity index (χ1n) is 9.14. The fourth-order valence-electron chi connectivity index (χ4n) is 3.33. The van der Waals surface area contributed by atoms with Gasteiger partial charge in [-0.05, 0) is 56.4 Å². The summed E-state index contributed by atoms with van der Waals surface area (Å²) in [5, 5.41) is 0. The van der Waals surface area contributed by atoms with Crippen molar-refractivity contribution in [2.75, 3.05) is 18.0 Å².